The van der Waals surface area contributed by atoms with Gasteiger partial charge in [-0.3, -0.25) is 0 Å². The molecule has 0 fully saturated rings. The summed E-state index contributed by atoms with van der Waals surface area (Å²) in [5.74, 6) is 0. The van der Waals surface area contributed by atoms with Crippen molar-refractivity contribution >= 4 is 40.5 Å². The van der Waals surface area contributed by atoms with E-state index in [1.807, 2.05) is 31.2 Å². The molecular formula is C14H12Cl3N. The van der Waals surface area contributed by atoms with Crippen LogP contribution in [0.4, 0.5) is 5.69 Å². The highest BCUT2D eigenvalue weighted by atomic mass is 35.5. The fraction of sp³-hybridized carbons (Fsp3) is 0.143. The maximum Gasteiger partial charge on any atom is 0.0640 e. The van der Waals surface area contributed by atoms with Gasteiger partial charge in [0.25, 0.3) is 0 Å². The second kappa shape index (κ2) is 5.83. The first-order valence-electron chi connectivity index (χ1n) is 5.50. The van der Waals surface area contributed by atoms with Crippen molar-refractivity contribution in [2.75, 3.05) is 5.32 Å². The molecule has 0 saturated heterocycles. The normalized spacial score (nSPS) is 10.4. The van der Waals surface area contributed by atoms with Crippen LogP contribution >= 0.6 is 34.8 Å². The Morgan fingerprint density at radius 2 is 1.72 bits per heavy atom. The Balaban J connectivity index is 2.13. The Labute approximate surface area is 122 Å². The number of anilines is 1. The van der Waals surface area contributed by atoms with Crippen LogP contribution in [-0.4, -0.2) is 0 Å². The molecule has 0 aliphatic carbocycles. The summed E-state index contributed by atoms with van der Waals surface area (Å²) >= 11 is 18.2. The van der Waals surface area contributed by atoms with E-state index in [9.17, 15) is 0 Å². The average molecular weight is 301 g/mol. The quantitative estimate of drug-likeness (QED) is 0.781. The highest BCUT2D eigenvalue weighted by Crippen LogP contribution is 2.25. The molecule has 2 aromatic rings. The first-order chi connectivity index (χ1) is 8.56. The Hall–Kier alpha value is -0.890. The molecule has 1 N–H and O–H groups in total. The first kappa shape index (κ1) is 13.5. The topological polar surface area (TPSA) is 12.0 Å². The van der Waals surface area contributed by atoms with E-state index in [4.69, 9.17) is 34.8 Å². The molecule has 1 nitrogen and oxygen atoms in total. The fourth-order valence-corrected chi connectivity index (χ4v) is 2.31. The van der Waals surface area contributed by atoms with Gasteiger partial charge in [-0.2, -0.15) is 0 Å². The smallest absolute Gasteiger partial charge is 0.0640 e. The van der Waals surface area contributed by atoms with Gasteiger partial charge in [-0.1, -0.05) is 40.9 Å². The van der Waals surface area contributed by atoms with Crippen LogP contribution < -0.4 is 5.32 Å². The summed E-state index contributed by atoms with van der Waals surface area (Å²) in [6, 6.07) is 11.3. The van der Waals surface area contributed by atoms with Crippen LogP contribution in [0.3, 0.4) is 0 Å². The largest absolute Gasteiger partial charge is 0.380 e. The SMILES string of the molecule is Cc1ccc(NCc2cc(Cl)ccc2Cl)c(Cl)c1. The fourth-order valence-electron chi connectivity index (χ4n) is 1.63. The van der Waals surface area contributed by atoms with Crippen molar-refractivity contribution in [1.29, 1.82) is 0 Å². The molecule has 0 atom stereocenters. The summed E-state index contributed by atoms with van der Waals surface area (Å²) in [5.41, 5.74) is 2.96. The molecule has 0 aliphatic rings. The number of hydrogen-bond donors (Lipinski definition) is 1. The van der Waals surface area contributed by atoms with E-state index < -0.39 is 0 Å². The van der Waals surface area contributed by atoms with Crippen LogP contribution in [0.2, 0.25) is 15.1 Å². The molecule has 4 heteroatoms. The zero-order chi connectivity index (χ0) is 13.1. The maximum absolute atomic E-state index is 6.15. The summed E-state index contributed by atoms with van der Waals surface area (Å²) in [6.45, 7) is 2.59. The minimum absolute atomic E-state index is 0.585. The number of halogens is 3. The number of benzene rings is 2. The van der Waals surface area contributed by atoms with E-state index in [2.05, 4.69) is 5.32 Å². The molecule has 0 heterocycles. The predicted molar refractivity (Wildman–Crippen MR) is 80.0 cm³/mol. The van der Waals surface area contributed by atoms with E-state index in [1.54, 1.807) is 12.1 Å². The van der Waals surface area contributed by atoms with Gasteiger partial charge in [0.2, 0.25) is 0 Å². The number of nitrogens with one attached hydrogen (secondary N) is 1. The molecule has 0 amide bonds. The molecule has 2 aromatic carbocycles. The zero-order valence-electron chi connectivity index (χ0n) is 9.81. The third-order valence-electron chi connectivity index (χ3n) is 2.60. The van der Waals surface area contributed by atoms with Crippen LogP contribution in [0.15, 0.2) is 36.4 Å². The molecule has 18 heavy (non-hydrogen) atoms. The third kappa shape index (κ3) is 3.32. The lowest BCUT2D eigenvalue weighted by atomic mass is 10.2. The number of hydrogen-bond acceptors (Lipinski definition) is 1. The Morgan fingerprint density at radius 1 is 0.944 bits per heavy atom. The summed E-state index contributed by atoms with van der Waals surface area (Å²) in [4.78, 5) is 0. The number of aryl methyl sites for hydroxylation is 1. The minimum atomic E-state index is 0.585. The summed E-state index contributed by atoms with van der Waals surface area (Å²) in [6.07, 6.45) is 0. The van der Waals surface area contributed by atoms with E-state index in [1.165, 1.54) is 0 Å². The van der Waals surface area contributed by atoms with Crippen LogP contribution in [0.25, 0.3) is 0 Å². The minimum Gasteiger partial charge on any atom is -0.380 e. The lowest BCUT2D eigenvalue weighted by molar-refractivity contribution is 1.15. The van der Waals surface area contributed by atoms with Gasteiger partial charge in [0.05, 0.1) is 10.7 Å². The molecule has 0 unspecified atom stereocenters. The Bertz CT molecular complexity index is 567. The van der Waals surface area contributed by atoms with Crippen molar-refractivity contribution < 1.29 is 0 Å². The average Bonchev–Trinajstić information content (AvgIpc) is 2.32. The molecule has 2 rings (SSSR count). The standard InChI is InChI=1S/C14H12Cl3N/c1-9-2-5-14(13(17)6-9)18-8-10-7-11(15)3-4-12(10)16/h2-7,18H,8H2,1H3. The molecule has 0 bridgehead atoms. The van der Waals surface area contributed by atoms with Gasteiger partial charge in [-0.15, -0.1) is 0 Å². The monoisotopic (exact) mass is 299 g/mol. The zero-order valence-corrected chi connectivity index (χ0v) is 12.1. The maximum atomic E-state index is 6.15. The summed E-state index contributed by atoms with van der Waals surface area (Å²) in [7, 11) is 0. The second-order valence-electron chi connectivity index (χ2n) is 4.07. The van der Waals surface area contributed by atoms with Gasteiger partial charge in [-0.05, 0) is 48.4 Å². The van der Waals surface area contributed by atoms with Crippen molar-refractivity contribution in [2.45, 2.75) is 13.5 Å². The lowest BCUT2D eigenvalue weighted by Gasteiger charge is -2.10. The Morgan fingerprint density at radius 3 is 2.44 bits per heavy atom. The van der Waals surface area contributed by atoms with E-state index in [0.29, 0.717) is 21.6 Å². The number of rotatable bonds is 3. The third-order valence-corrected chi connectivity index (χ3v) is 3.52. The van der Waals surface area contributed by atoms with Crippen molar-refractivity contribution in [3.8, 4) is 0 Å². The van der Waals surface area contributed by atoms with Crippen LogP contribution in [0.5, 0.6) is 0 Å². The van der Waals surface area contributed by atoms with Crippen molar-refractivity contribution in [1.82, 2.24) is 0 Å². The van der Waals surface area contributed by atoms with Crippen LogP contribution in [0.1, 0.15) is 11.1 Å². The van der Waals surface area contributed by atoms with Gasteiger partial charge < -0.3 is 5.32 Å². The first-order valence-corrected chi connectivity index (χ1v) is 6.63. The summed E-state index contributed by atoms with van der Waals surface area (Å²) in [5, 5.41) is 5.31. The molecule has 0 aromatic heterocycles. The molecular weight excluding hydrogens is 289 g/mol. The molecule has 94 valence electrons. The van der Waals surface area contributed by atoms with Crippen LogP contribution in [-0.2, 0) is 6.54 Å². The van der Waals surface area contributed by atoms with Crippen LogP contribution in [0, 0.1) is 6.92 Å². The van der Waals surface area contributed by atoms with Gasteiger partial charge in [0.1, 0.15) is 0 Å². The summed E-state index contributed by atoms with van der Waals surface area (Å²) < 4.78 is 0. The lowest BCUT2D eigenvalue weighted by Crippen LogP contribution is -2.00. The molecule has 0 aliphatic heterocycles. The van der Waals surface area contributed by atoms with Gasteiger partial charge in [-0.25, -0.2) is 0 Å². The van der Waals surface area contributed by atoms with Gasteiger partial charge in [0.15, 0.2) is 0 Å². The van der Waals surface area contributed by atoms with Gasteiger partial charge in [0, 0.05) is 16.6 Å². The van der Waals surface area contributed by atoms with Crippen molar-refractivity contribution in [2.24, 2.45) is 0 Å². The van der Waals surface area contributed by atoms with Gasteiger partial charge >= 0.3 is 0 Å². The molecule has 0 spiro atoms. The van der Waals surface area contributed by atoms with E-state index in [0.717, 1.165) is 16.8 Å². The second-order valence-corrected chi connectivity index (χ2v) is 5.32. The predicted octanol–water partition coefficient (Wildman–Crippen LogP) is 5.57. The Kier molecular flexibility index (Phi) is 4.39. The molecule has 0 saturated carbocycles. The highest BCUT2D eigenvalue weighted by molar-refractivity contribution is 6.34. The van der Waals surface area contributed by atoms with Crippen molar-refractivity contribution in [3.05, 3.63) is 62.6 Å². The van der Waals surface area contributed by atoms with E-state index >= 15 is 0 Å². The highest BCUT2D eigenvalue weighted by Gasteiger charge is 2.03. The van der Waals surface area contributed by atoms with Crippen molar-refractivity contribution in [3.63, 3.8) is 0 Å². The molecule has 0 radical (unpaired) electrons. The van der Waals surface area contributed by atoms with E-state index in [-0.39, 0.29) is 0 Å².